The molecule has 6 nitrogen and oxygen atoms in total. The second-order valence-electron chi connectivity index (χ2n) is 4.97. The lowest BCUT2D eigenvalue weighted by Gasteiger charge is -2.05. The molecule has 0 fully saturated rings. The molecule has 0 saturated heterocycles. The summed E-state index contributed by atoms with van der Waals surface area (Å²) in [6, 6.07) is 13.6. The highest BCUT2D eigenvalue weighted by Gasteiger charge is 2.14. The average molecular weight is 306 g/mol. The number of carbonyl (C=O) groups is 1. The first-order valence-electron chi connectivity index (χ1n) is 6.88. The number of anilines is 1. The van der Waals surface area contributed by atoms with E-state index in [-0.39, 0.29) is 5.56 Å². The van der Waals surface area contributed by atoms with E-state index in [0.717, 1.165) is 0 Å². The fourth-order valence-corrected chi connectivity index (χ4v) is 2.35. The average Bonchev–Trinajstić information content (AvgIpc) is 3.01. The van der Waals surface area contributed by atoms with Gasteiger partial charge in [-0.2, -0.15) is 0 Å². The van der Waals surface area contributed by atoms with Gasteiger partial charge in [-0.25, -0.2) is 9.78 Å². The van der Waals surface area contributed by atoms with Crippen molar-refractivity contribution in [2.24, 2.45) is 0 Å². The maximum absolute atomic E-state index is 12.3. The smallest absolute Gasteiger partial charge is 0.349 e. The Hall–Kier alpha value is -3.41. The quantitative estimate of drug-likeness (QED) is 0.575. The molecule has 2 aromatic heterocycles. The molecule has 0 unspecified atom stereocenters. The number of nitrogens with zero attached hydrogens (tertiary/aromatic N) is 1. The zero-order chi connectivity index (χ0) is 15.8. The van der Waals surface area contributed by atoms with Crippen molar-refractivity contribution < 1.29 is 13.6 Å². The third-order valence-corrected chi connectivity index (χ3v) is 3.48. The van der Waals surface area contributed by atoms with Gasteiger partial charge in [-0.15, -0.1) is 0 Å². The number of benzene rings is 2. The molecule has 0 aliphatic rings. The van der Waals surface area contributed by atoms with Gasteiger partial charge in [-0.3, -0.25) is 4.79 Å². The number of hydrogen-bond donors (Lipinski definition) is 1. The zero-order valence-electron chi connectivity index (χ0n) is 11.8. The molecule has 0 radical (unpaired) electrons. The van der Waals surface area contributed by atoms with E-state index >= 15 is 0 Å². The number of oxazole rings is 1. The molecule has 2 aromatic carbocycles. The van der Waals surface area contributed by atoms with E-state index in [1.807, 2.05) is 6.07 Å². The van der Waals surface area contributed by atoms with Crippen LogP contribution in [-0.2, 0) is 0 Å². The maximum Gasteiger partial charge on any atom is 0.349 e. The molecule has 112 valence electrons. The normalized spacial score (nSPS) is 11.0. The molecule has 1 amide bonds. The molecule has 1 N–H and O–H groups in total. The first-order valence-corrected chi connectivity index (χ1v) is 6.88. The van der Waals surface area contributed by atoms with Gasteiger partial charge in [0.1, 0.15) is 16.7 Å². The van der Waals surface area contributed by atoms with Crippen LogP contribution in [0.2, 0.25) is 0 Å². The van der Waals surface area contributed by atoms with Gasteiger partial charge in [0.05, 0.1) is 0 Å². The third-order valence-electron chi connectivity index (χ3n) is 3.48. The topological polar surface area (TPSA) is 85.3 Å². The highest BCUT2D eigenvalue weighted by molar-refractivity contribution is 6.05. The summed E-state index contributed by atoms with van der Waals surface area (Å²) >= 11 is 0. The Bertz CT molecular complexity index is 1090. The molecule has 4 aromatic rings. The van der Waals surface area contributed by atoms with Crippen LogP contribution in [-0.4, -0.2) is 10.9 Å². The Morgan fingerprint density at radius 1 is 1.04 bits per heavy atom. The van der Waals surface area contributed by atoms with Crippen molar-refractivity contribution in [3.63, 3.8) is 0 Å². The minimum atomic E-state index is -0.679. The monoisotopic (exact) mass is 306 g/mol. The van der Waals surface area contributed by atoms with E-state index in [0.29, 0.717) is 27.8 Å². The largest absolute Gasteiger partial charge is 0.443 e. The van der Waals surface area contributed by atoms with Crippen molar-refractivity contribution in [2.45, 2.75) is 0 Å². The van der Waals surface area contributed by atoms with Gasteiger partial charge in [0.2, 0.25) is 0 Å². The van der Waals surface area contributed by atoms with Crippen LogP contribution in [0.5, 0.6) is 0 Å². The van der Waals surface area contributed by atoms with E-state index in [1.165, 1.54) is 12.5 Å². The maximum atomic E-state index is 12.3. The fraction of sp³-hybridized carbons (Fsp3) is 0. The Morgan fingerprint density at radius 3 is 2.83 bits per heavy atom. The molecule has 6 heteroatoms. The van der Waals surface area contributed by atoms with Crippen LogP contribution in [0, 0.1) is 0 Å². The van der Waals surface area contributed by atoms with E-state index in [2.05, 4.69) is 10.3 Å². The SMILES string of the molecule is O=C(Nc1ccc2ncoc2c1)c1cc2ccccc2oc1=O. The molecule has 23 heavy (non-hydrogen) atoms. The standard InChI is InChI=1S/C17H10N2O4/c20-16(19-11-5-6-13-15(8-11)22-9-18-13)12-7-10-3-1-2-4-14(10)23-17(12)21/h1-9H,(H,19,20). The molecular formula is C17H10N2O4. The predicted octanol–water partition coefficient (Wildman–Crippen LogP) is 3.19. The van der Waals surface area contributed by atoms with Gasteiger partial charge in [0.15, 0.2) is 12.0 Å². The molecule has 0 bridgehead atoms. The highest BCUT2D eigenvalue weighted by atomic mass is 16.4. The van der Waals surface area contributed by atoms with Crippen LogP contribution >= 0.6 is 0 Å². The lowest BCUT2D eigenvalue weighted by Crippen LogP contribution is -2.20. The Labute approximate surface area is 129 Å². The second kappa shape index (κ2) is 5.10. The van der Waals surface area contributed by atoms with Crippen LogP contribution in [0.1, 0.15) is 10.4 Å². The first-order chi connectivity index (χ1) is 11.2. The number of carbonyl (C=O) groups excluding carboxylic acids is 1. The number of aromatic nitrogens is 1. The number of rotatable bonds is 2. The summed E-state index contributed by atoms with van der Waals surface area (Å²) in [4.78, 5) is 28.3. The molecule has 0 saturated carbocycles. The van der Waals surface area contributed by atoms with Crippen LogP contribution in [0.3, 0.4) is 0 Å². The molecule has 4 rings (SSSR count). The van der Waals surface area contributed by atoms with Crippen molar-refractivity contribution in [3.8, 4) is 0 Å². The zero-order valence-corrected chi connectivity index (χ0v) is 11.8. The molecule has 2 heterocycles. The van der Waals surface area contributed by atoms with Crippen LogP contribution in [0.4, 0.5) is 5.69 Å². The minimum Gasteiger partial charge on any atom is -0.443 e. The van der Waals surface area contributed by atoms with Gasteiger partial charge < -0.3 is 14.2 Å². The van der Waals surface area contributed by atoms with Crippen molar-refractivity contribution in [2.75, 3.05) is 5.32 Å². The third kappa shape index (κ3) is 2.36. The lowest BCUT2D eigenvalue weighted by atomic mass is 10.1. The fourth-order valence-electron chi connectivity index (χ4n) is 2.35. The lowest BCUT2D eigenvalue weighted by molar-refractivity contribution is 0.102. The number of hydrogen-bond acceptors (Lipinski definition) is 5. The Kier molecular flexibility index (Phi) is 2.94. The summed E-state index contributed by atoms with van der Waals surface area (Å²) in [5.74, 6) is -0.539. The summed E-state index contributed by atoms with van der Waals surface area (Å²) in [5.41, 5.74) is 1.45. The summed E-state index contributed by atoms with van der Waals surface area (Å²) < 4.78 is 10.3. The predicted molar refractivity (Wildman–Crippen MR) is 84.4 cm³/mol. The van der Waals surface area contributed by atoms with Gasteiger partial charge in [0, 0.05) is 17.1 Å². The summed E-state index contributed by atoms with van der Waals surface area (Å²) in [5, 5.41) is 3.34. The van der Waals surface area contributed by atoms with Crippen LogP contribution in [0.15, 0.2) is 68.6 Å². The minimum absolute atomic E-state index is 0.0543. The molecule has 0 atom stereocenters. The van der Waals surface area contributed by atoms with Crippen molar-refractivity contribution >= 4 is 33.7 Å². The van der Waals surface area contributed by atoms with Crippen molar-refractivity contribution in [1.82, 2.24) is 4.98 Å². The van der Waals surface area contributed by atoms with Gasteiger partial charge >= 0.3 is 5.63 Å². The Morgan fingerprint density at radius 2 is 1.91 bits per heavy atom. The van der Waals surface area contributed by atoms with E-state index < -0.39 is 11.5 Å². The number of para-hydroxylation sites is 1. The molecule has 0 aliphatic carbocycles. The second-order valence-corrected chi connectivity index (χ2v) is 4.97. The van der Waals surface area contributed by atoms with Gasteiger partial charge in [0.25, 0.3) is 5.91 Å². The van der Waals surface area contributed by atoms with E-state index in [4.69, 9.17) is 8.83 Å². The molecule has 0 aliphatic heterocycles. The van der Waals surface area contributed by atoms with Gasteiger partial charge in [-0.1, -0.05) is 18.2 Å². The van der Waals surface area contributed by atoms with Crippen LogP contribution < -0.4 is 10.9 Å². The van der Waals surface area contributed by atoms with E-state index in [1.54, 1.807) is 36.4 Å². The number of nitrogens with one attached hydrogen (secondary N) is 1. The van der Waals surface area contributed by atoms with E-state index in [9.17, 15) is 9.59 Å². The van der Waals surface area contributed by atoms with Crippen molar-refractivity contribution in [3.05, 3.63) is 70.9 Å². The first kappa shape index (κ1) is 13.3. The van der Waals surface area contributed by atoms with Gasteiger partial charge in [-0.05, 0) is 24.3 Å². The molecular weight excluding hydrogens is 296 g/mol. The number of fused-ring (bicyclic) bond motifs is 2. The van der Waals surface area contributed by atoms with Crippen molar-refractivity contribution in [1.29, 1.82) is 0 Å². The van der Waals surface area contributed by atoms with Crippen LogP contribution in [0.25, 0.3) is 22.1 Å². The molecule has 0 spiro atoms. The number of amides is 1. The summed E-state index contributed by atoms with van der Waals surface area (Å²) in [6.45, 7) is 0. The summed E-state index contributed by atoms with van der Waals surface area (Å²) in [7, 11) is 0. The summed E-state index contributed by atoms with van der Waals surface area (Å²) in [6.07, 6.45) is 1.33. The Balaban J connectivity index is 1.71. The highest BCUT2D eigenvalue weighted by Crippen LogP contribution is 2.19.